The first-order valence-corrected chi connectivity index (χ1v) is 15.4. The monoisotopic (exact) mass is 586 g/mol. The van der Waals surface area contributed by atoms with Gasteiger partial charge in [0.15, 0.2) is 5.82 Å². The standard InChI is InChI=1S/C40H35BN2O2/c1-39(2)40(3,4)45-41(44-39)35-17-11-16-34(26-35)37-27-36(32-22-18-30(19-23-32)28-12-7-5-8-13-28)42-38(43-37)33-24-20-31(21-25-33)29-14-9-6-10-15-29/h5-27H,1-4H3. The van der Waals surface area contributed by atoms with Gasteiger partial charge in [-0.15, -0.1) is 0 Å². The average Bonchev–Trinajstić information content (AvgIpc) is 3.31. The highest BCUT2D eigenvalue weighted by Crippen LogP contribution is 2.37. The number of rotatable bonds is 6. The number of nitrogens with zero attached hydrogens (tertiary/aromatic N) is 2. The Bertz CT molecular complexity index is 1820. The van der Waals surface area contributed by atoms with Crippen LogP contribution in [0.15, 0.2) is 140 Å². The Balaban J connectivity index is 1.29. The molecule has 0 bridgehead atoms. The Kier molecular flexibility index (Phi) is 7.44. The van der Waals surface area contributed by atoms with Crippen LogP contribution >= 0.6 is 0 Å². The van der Waals surface area contributed by atoms with Gasteiger partial charge >= 0.3 is 7.12 Å². The van der Waals surface area contributed by atoms with E-state index in [1.807, 2.05) is 18.2 Å². The van der Waals surface area contributed by atoms with Crippen molar-refractivity contribution >= 4 is 12.6 Å². The third kappa shape index (κ3) is 5.85. The second-order valence-corrected chi connectivity index (χ2v) is 12.6. The SMILES string of the molecule is CC1(C)OB(c2cccc(-c3cc(-c4ccc(-c5ccccc5)cc4)nc(-c4ccc(-c5ccccc5)cc4)n3)c2)OC1(C)C. The summed E-state index contributed by atoms with van der Waals surface area (Å²) in [6, 6.07) is 48.2. The van der Waals surface area contributed by atoms with Crippen LogP contribution in [0.4, 0.5) is 0 Å². The molecule has 1 fully saturated rings. The predicted molar refractivity (Wildman–Crippen MR) is 185 cm³/mol. The van der Waals surface area contributed by atoms with Gasteiger partial charge in [0, 0.05) is 11.1 Å². The zero-order chi connectivity index (χ0) is 31.0. The molecule has 0 radical (unpaired) electrons. The molecule has 45 heavy (non-hydrogen) atoms. The van der Waals surface area contributed by atoms with Crippen LogP contribution in [0.2, 0.25) is 0 Å². The molecular weight excluding hydrogens is 551 g/mol. The predicted octanol–water partition coefficient (Wildman–Crippen LogP) is 9.11. The van der Waals surface area contributed by atoms with Gasteiger partial charge in [-0.3, -0.25) is 0 Å². The number of aromatic nitrogens is 2. The Morgan fingerprint density at radius 2 is 0.844 bits per heavy atom. The van der Waals surface area contributed by atoms with Gasteiger partial charge in [-0.05, 0) is 67.0 Å². The molecule has 5 heteroatoms. The normalized spacial score (nSPS) is 15.2. The maximum atomic E-state index is 6.37. The molecule has 7 rings (SSSR count). The Morgan fingerprint density at radius 3 is 1.38 bits per heavy atom. The fourth-order valence-corrected chi connectivity index (χ4v) is 5.60. The van der Waals surface area contributed by atoms with Crippen LogP contribution in [0, 0.1) is 0 Å². The van der Waals surface area contributed by atoms with Gasteiger partial charge in [-0.2, -0.15) is 0 Å². The molecule has 6 aromatic rings. The van der Waals surface area contributed by atoms with E-state index in [-0.39, 0.29) is 0 Å². The van der Waals surface area contributed by atoms with Gasteiger partial charge < -0.3 is 9.31 Å². The van der Waals surface area contributed by atoms with E-state index in [4.69, 9.17) is 19.3 Å². The fourth-order valence-electron chi connectivity index (χ4n) is 5.60. The highest BCUT2D eigenvalue weighted by atomic mass is 16.7. The van der Waals surface area contributed by atoms with Gasteiger partial charge in [0.25, 0.3) is 0 Å². The van der Waals surface area contributed by atoms with Gasteiger partial charge in [0.1, 0.15) is 0 Å². The van der Waals surface area contributed by atoms with E-state index in [0.717, 1.165) is 39.1 Å². The third-order valence-electron chi connectivity index (χ3n) is 8.97. The summed E-state index contributed by atoms with van der Waals surface area (Å²) in [4.78, 5) is 10.2. The second kappa shape index (κ2) is 11.6. The molecule has 0 N–H and O–H groups in total. The molecule has 1 aromatic heterocycles. The lowest BCUT2D eigenvalue weighted by molar-refractivity contribution is 0.00578. The quantitative estimate of drug-likeness (QED) is 0.183. The Labute approximate surface area is 265 Å². The van der Waals surface area contributed by atoms with E-state index >= 15 is 0 Å². The zero-order valence-corrected chi connectivity index (χ0v) is 26.1. The summed E-state index contributed by atoms with van der Waals surface area (Å²) in [6.45, 7) is 8.30. The van der Waals surface area contributed by atoms with E-state index in [0.29, 0.717) is 5.82 Å². The summed E-state index contributed by atoms with van der Waals surface area (Å²) in [5.74, 6) is 0.676. The lowest BCUT2D eigenvalue weighted by atomic mass is 9.78. The van der Waals surface area contributed by atoms with Crippen LogP contribution < -0.4 is 5.46 Å². The smallest absolute Gasteiger partial charge is 0.399 e. The van der Waals surface area contributed by atoms with Crippen molar-refractivity contribution in [3.63, 3.8) is 0 Å². The van der Waals surface area contributed by atoms with Gasteiger partial charge in [0.05, 0.1) is 22.6 Å². The van der Waals surface area contributed by atoms with Crippen LogP contribution in [0.3, 0.4) is 0 Å². The fraction of sp³-hybridized carbons (Fsp3) is 0.150. The van der Waals surface area contributed by atoms with Crippen molar-refractivity contribution in [1.82, 2.24) is 9.97 Å². The van der Waals surface area contributed by atoms with Gasteiger partial charge in [-0.25, -0.2) is 9.97 Å². The highest BCUT2D eigenvalue weighted by Gasteiger charge is 2.51. The number of hydrogen-bond acceptors (Lipinski definition) is 4. The molecule has 0 unspecified atom stereocenters. The maximum Gasteiger partial charge on any atom is 0.494 e. The van der Waals surface area contributed by atoms with E-state index in [2.05, 4.69) is 149 Å². The van der Waals surface area contributed by atoms with Crippen molar-refractivity contribution in [3.8, 4) is 56.2 Å². The van der Waals surface area contributed by atoms with Crippen molar-refractivity contribution in [3.05, 3.63) is 140 Å². The third-order valence-corrected chi connectivity index (χ3v) is 8.97. The first-order chi connectivity index (χ1) is 21.8. The van der Waals surface area contributed by atoms with Crippen LogP contribution in [0.25, 0.3) is 56.2 Å². The van der Waals surface area contributed by atoms with Gasteiger partial charge in [0.2, 0.25) is 0 Å². The molecule has 4 nitrogen and oxygen atoms in total. The van der Waals surface area contributed by atoms with E-state index in [1.165, 1.54) is 16.7 Å². The minimum absolute atomic E-state index is 0.416. The van der Waals surface area contributed by atoms with Crippen LogP contribution in [0.5, 0.6) is 0 Å². The lowest BCUT2D eigenvalue weighted by Gasteiger charge is -2.32. The summed E-state index contributed by atoms with van der Waals surface area (Å²) < 4.78 is 12.7. The van der Waals surface area contributed by atoms with Crippen LogP contribution in [0.1, 0.15) is 27.7 Å². The zero-order valence-electron chi connectivity index (χ0n) is 26.1. The lowest BCUT2D eigenvalue weighted by Crippen LogP contribution is -2.41. The summed E-state index contributed by atoms with van der Waals surface area (Å²) in [5.41, 5.74) is 9.49. The molecule has 0 spiro atoms. The Hall–Kier alpha value is -4.84. The molecule has 2 heterocycles. The van der Waals surface area contributed by atoms with Crippen molar-refractivity contribution in [2.45, 2.75) is 38.9 Å². The topological polar surface area (TPSA) is 44.2 Å². The maximum absolute atomic E-state index is 6.37. The minimum atomic E-state index is -0.452. The summed E-state index contributed by atoms with van der Waals surface area (Å²) in [7, 11) is -0.452. The van der Waals surface area contributed by atoms with Crippen molar-refractivity contribution < 1.29 is 9.31 Å². The molecular formula is C40H35BN2O2. The van der Waals surface area contributed by atoms with E-state index in [9.17, 15) is 0 Å². The van der Waals surface area contributed by atoms with Crippen LogP contribution in [-0.2, 0) is 9.31 Å². The summed E-state index contributed by atoms with van der Waals surface area (Å²) in [6.07, 6.45) is 0. The molecule has 5 aromatic carbocycles. The second-order valence-electron chi connectivity index (χ2n) is 12.6. The number of hydrogen-bond donors (Lipinski definition) is 0. The largest absolute Gasteiger partial charge is 0.494 e. The molecule has 0 aliphatic carbocycles. The number of benzene rings is 5. The van der Waals surface area contributed by atoms with E-state index in [1.54, 1.807) is 0 Å². The first-order valence-electron chi connectivity index (χ1n) is 15.4. The molecule has 1 saturated heterocycles. The average molecular weight is 587 g/mol. The molecule has 1 aliphatic heterocycles. The van der Waals surface area contributed by atoms with Crippen LogP contribution in [-0.4, -0.2) is 28.3 Å². The van der Waals surface area contributed by atoms with Gasteiger partial charge in [-0.1, -0.05) is 133 Å². The van der Waals surface area contributed by atoms with Crippen molar-refractivity contribution in [2.24, 2.45) is 0 Å². The summed E-state index contributed by atoms with van der Waals surface area (Å²) >= 11 is 0. The minimum Gasteiger partial charge on any atom is -0.399 e. The highest BCUT2D eigenvalue weighted by molar-refractivity contribution is 6.62. The molecule has 1 aliphatic rings. The van der Waals surface area contributed by atoms with Crippen molar-refractivity contribution in [2.75, 3.05) is 0 Å². The Morgan fingerprint density at radius 1 is 0.422 bits per heavy atom. The van der Waals surface area contributed by atoms with Crippen molar-refractivity contribution in [1.29, 1.82) is 0 Å². The summed E-state index contributed by atoms with van der Waals surface area (Å²) in [5, 5.41) is 0. The van der Waals surface area contributed by atoms with E-state index < -0.39 is 18.3 Å². The molecule has 0 atom stereocenters. The molecule has 220 valence electrons. The molecule has 0 saturated carbocycles. The first kappa shape index (κ1) is 28.9. The molecule has 0 amide bonds.